The summed E-state index contributed by atoms with van der Waals surface area (Å²) in [6.07, 6.45) is 4.91. The van der Waals surface area contributed by atoms with Crippen molar-refractivity contribution in [2.45, 2.75) is 25.9 Å². The summed E-state index contributed by atoms with van der Waals surface area (Å²) in [6.45, 7) is 3.03. The molecule has 1 heterocycles. The first-order valence-corrected chi connectivity index (χ1v) is 7.54. The third kappa shape index (κ3) is 3.47. The maximum absolute atomic E-state index is 6.16. The van der Waals surface area contributed by atoms with Crippen molar-refractivity contribution < 1.29 is 0 Å². The minimum Gasteiger partial charge on any atom is -0.272 e. The second-order valence-corrected chi connectivity index (χ2v) is 5.88. The summed E-state index contributed by atoms with van der Waals surface area (Å²) >= 11 is 8.37. The van der Waals surface area contributed by atoms with Crippen LogP contribution in [-0.2, 0) is 6.54 Å². The molecule has 0 aliphatic heterocycles. The number of aromatic nitrogens is 2. The predicted molar refractivity (Wildman–Crippen MR) is 85.9 cm³/mol. The number of hydrogen-bond acceptors (Lipinski definition) is 3. The van der Waals surface area contributed by atoms with E-state index < -0.39 is 0 Å². The van der Waals surface area contributed by atoms with Gasteiger partial charge in [-0.3, -0.25) is 10.5 Å². The van der Waals surface area contributed by atoms with E-state index in [0.717, 1.165) is 32.7 Å². The molecular formula is C13H16ClIN4. The second kappa shape index (κ2) is 6.69. The van der Waals surface area contributed by atoms with Crippen LogP contribution in [0.5, 0.6) is 0 Å². The summed E-state index contributed by atoms with van der Waals surface area (Å²) in [4.78, 5) is 0. The number of benzene rings is 1. The largest absolute Gasteiger partial charge is 0.272 e. The highest BCUT2D eigenvalue weighted by Gasteiger charge is 2.15. The Morgan fingerprint density at radius 3 is 2.89 bits per heavy atom. The first-order chi connectivity index (χ1) is 9.15. The number of hydrogen-bond donors (Lipinski definition) is 2. The van der Waals surface area contributed by atoms with Crippen molar-refractivity contribution in [1.82, 2.24) is 15.2 Å². The maximum atomic E-state index is 6.16. The first kappa shape index (κ1) is 14.8. The van der Waals surface area contributed by atoms with Crippen LogP contribution in [0.15, 0.2) is 30.6 Å². The molecule has 0 saturated heterocycles. The molecule has 0 spiro atoms. The summed E-state index contributed by atoms with van der Waals surface area (Å²) in [5.74, 6) is 5.68. The van der Waals surface area contributed by atoms with Crippen molar-refractivity contribution in [2.75, 3.05) is 0 Å². The molecule has 1 unspecified atom stereocenters. The minimum atomic E-state index is -0.0971. The summed E-state index contributed by atoms with van der Waals surface area (Å²) in [6, 6.07) is 5.85. The highest BCUT2D eigenvalue weighted by molar-refractivity contribution is 14.1. The quantitative estimate of drug-likeness (QED) is 0.469. The van der Waals surface area contributed by atoms with Gasteiger partial charge >= 0.3 is 0 Å². The zero-order valence-electron chi connectivity index (χ0n) is 10.6. The van der Waals surface area contributed by atoms with E-state index >= 15 is 0 Å². The first-order valence-electron chi connectivity index (χ1n) is 6.09. The van der Waals surface area contributed by atoms with Crippen LogP contribution in [0.1, 0.15) is 30.5 Å². The van der Waals surface area contributed by atoms with Gasteiger partial charge in [-0.1, -0.05) is 24.6 Å². The molecule has 4 nitrogen and oxygen atoms in total. The van der Waals surface area contributed by atoms with Gasteiger partial charge in [0, 0.05) is 21.9 Å². The SMILES string of the molecule is CCCn1cc(C(NN)c2ccc(I)c(Cl)c2)cn1. The van der Waals surface area contributed by atoms with Crippen molar-refractivity contribution in [3.05, 3.63) is 50.3 Å². The maximum Gasteiger partial charge on any atom is 0.0741 e. The van der Waals surface area contributed by atoms with Crippen LogP contribution in [0, 0.1) is 3.57 Å². The van der Waals surface area contributed by atoms with Crippen molar-refractivity contribution in [3.8, 4) is 0 Å². The fraction of sp³-hybridized carbons (Fsp3) is 0.308. The van der Waals surface area contributed by atoms with Crippen LogP contribution < -0.4 is 11.3 Å². The Balaban J connectivity index is 2.29. The van der Waals surface area contributed by atoms with E-state index in [1.54, 1.807) is 0 Å². The fourth-order valence-corrected chi connectivity index (χ4v) is 2.48. The van der Waals surface area contributed by atoms with E-state index in [0.29, 0.717) is 0 Å². The summed E-state index contributed by atoms with van der Waals surface area (Å²) < 4.78 is 2.95. The van der Waals surface area contributed by atoms with E-state index in [-0.39, 0.29) is 6.04 Å². The lowest BCUT2D eigenvalue weighted by atomic mass is 10.0. The molecule has 0 amide bonds. The van der Waals surface area contributed by atoms with Gasteiger partial charge in [0.15, 0.2) is 0 Å². The van der Waals surface area contributed by atoms with Gasteiger partial charge in [0.05, 0.1) is 17.3 Å². The molecule has 3 N–H and O–H groups in total. The number of nitrogens with two attached hydrogens (primary N) is 1. The molecule has 0 bridgehead atoms. The lowest BCUT2D eigenvalue weighted by Gasteiger charge is -2.15. The van der Waals surface area contributed by atoms with Gasteiger partial charge in [-0.05, 0) is 46.7 Å². The Hall–Kier alpha value is -0.630. The molecular weight excluding hydrogens is 375 g/mol. The van der Waals surface area contributed by atoms with Crippen LogP contribution >= 0.6 is 34.2 Å². The highest BCUT2D eigenvalue weighted by atomic mass is 127. The van der Waals surface area contributed by atoms with E-state index in [1.807, 2.05) is 35.3 Å². The van der Waals surface area contributed by atoms with Gasteiger partial charge in [0.1, 0.15) is 0 Å². The van der Waals surface area contributed by atoms with E-state index in [4.69, 9.17) is 17.4 Å². The average Bonchev–Trinajstić information content (AvgIpc) is 2.83. The van der Waals surface area contributed by atoms with E-state index in [2.05, 4.69) is 40.0 Å². The summed E-state index contributed by atoms with van der Waals surface area (Å²) in [5.41, 5.74) is 4.89. The van der Waals surface area contributed by atoms with Crippen molar-refractivity contribution in [3.63, 3.8) is 0 Å². The van der Waals surface area contributed by atoms with E-state index in [9.17, 15) is 0 Å². The topological polar surface area (TPSA) is 55.9 Å². The van der Waals surface area contributed by atoms with Gasteiger partial charge in [-0.25, -0.2) is 5.43 Å². The van der Waals surface area contributed by atoms with Crippen LogP contribution in [0.4, 0.5) is 0 Å². The fourth-order valence-electron chi connectivity index (χ4n) is 1.96. The highest BCUT2D eigenvalue weighted by Crippen LogP contribution is 2.26. The minimum absolute atomic E-state index is 0.0971. The third-order valence-electron chi connectivity index (χ3n) is 2.88. The standard InChI is InChI=1S/C13H16ClIN4/c1-2-5-19-8-10(7-17-19)13(18-16)9-3-4-12(15)11(14)6-9/h3-4,6-8,13,18H,2,5,16H2,1H3. The number of aryl methyl sites for hydroxylation is 1. The zero-order valence-corrected chi connectivity index (χ0v) is 13.5. The Morgan fingerprint density at radius 2 is 2.26 bits per heavy atom. The van der Waals surface area contributed by atoms with Gasteiger partial charge in [-0.2, -0.15) is 5.10 Å². The summed E-state index contributed by atoms with van der Waals surface area (Å²) in [5, 5.41) is 5.06. The molecule has 6 heteroatoms. The number of halogens is 2. The molecule has 0 saturated carbocycles. The Kier molecular flexibility index (Phi) is 5.20. The smallest absolute Gasteiger partial charge is 0.0741 e. The number of nitrogens with zero attached hydrogens (tertiary/aromatic N) is 2. The molecule has 2 aromatic rings. The van der Waals surface area contributed by atoms with Crippen molar-refractivity contribution >= 4 is 34.2 Å². The van der Waals surface area contributed by atoms with Crippen molar-refractivity contribution in [2.24, 2.45) is 5.84 Å². The zero-order chi connectivity index (χ0) is 13.8. The second-order valence-electron chi connectivity index (χ2n) is 4.31. The average molecular weight is 391 g/mol. The van der Waals surface area contributed by atoms with Gasteiger partial charge < -0.3 is 0 Å². The molecule has 1 aromatic carbocycles. The Morgan fingerprint density at radius 1 is 1.47 bits per heavy atom. The number of hydrazine groups is 1. The molecule has 1 aromatic heterocycles. The van der Waals surface area contributed by atoms with Crippen LogP contribution in [0.3, 0.4) is 0 Å². The number of rotatable bonds is 5. The van der Waals surface area contributed by atoms with Crippen LogP contribution in [0.2, 0.25) is 5.02 Å². The van der Waals surface area contributed by atoms with E-state index in [1.165, 1.54) is 0 Å². The van der Waals surface area contributed by atoms with Crippen LogP contribution in [-0.4, -0.2) is 9.78 Å². The van der Waals surface area contributed by atoms with Gasteiger partial charge in [0.25, 0.3) is 0 Å². The Bertz CT molecular complexity index is 555. The molecule has 102 valence electrons. The monoisotopic (exact) mass is 390 g/mol. The van der Waals surface area contributed by atoms with Gasteiger partial charge in [0.2, 0.25) is 0 Å². The molecule has 2 rings (SSSR count). The van der Waals surface area contributed by atoms with Gasteiger partial charge in [-0.15, -0.1) is 0 Å². The van der Waals surface area contributed by atoms with Crippen molar-refractivity contribution in [1.29, 1.82) is 0 Å². The molecule has 0 aliphatic carbocycles. The summed E-state index contributed by atoms with van der Waals surface area (Å²) in [7, 11) is 0. The third-order valence-corrected chi connectivity index (χ3v) is 4.46. The molecule has 0 aliphatic rings. The normalized spacial score (nSPS) is 12.6. The van der Waals surface area contributed by atoms with Crippen LogP contribution in [0.25, 0.3) is 0 Å². The lowest BCUT2D eigenvalue weighted by Crippen LogP contribution is -2.28. The number of nitrogens with one attached hydrogen (secondary N) is 1. The Labute approximate surface area is 131 Å². The molecule has 19 heavy (non-hydrogen) atoms. The lowest BCUT2D eigenvalue weighted by molar-refractivity contribution is 0.598. The molecule has 1 atom stereocenters. The molecule has 0 fully saturated rings. The molecule has 0 radical (unpaired) electrons. The predicted octanol–water partition coefficient (Wildman–Crippen LogP) is 3.10.